The van der Waals surface area contributed by atoms with Gasteiger partial charge in [0, 0.05) is 11.3 Å². The van der Waals surface area contributed by atoms with Gasteiger partial charge in [-0.3, -0.25) is 0 Å². The highest BCUT2D eigenvalue weighted by Gasteiger charge is 1.95. The zero-order valence-corrected chi connectivity index (χ0v) is 9.41. The van der Waals surface area contributed by atoms with Gasteiger partial charge in [-0.2, -0.15) is 0 Å². The van der Waals surface area contributed by atoms with Gasteiger partial charge in [0.05, 0.1) is 0 Å². The van der Waals surface area contributed by atoms with Crippen molar-refractivity contribution in [3.8, 4) is 0 Å². The fraction of sp³-hybridized carbons (Fsp3) is 0.364. The smallest absolute Gasteiger partial charge is 0.139 e. The van der Waals surface area contributed by atoms with E-state index in [1.54, 1.807) is 0 Å². The van der Waals surface area contributed by atoms with E-state index in [0.717, 1.165) is 18.6 Å². The molecule has 0 saturated carbocycles. The van der Waals surface area contributed by atoms with Gasteiger partial charge in [0.15, 0.2) is 0 Å². The second kappa shape index (κ2) is 7.17. The van der Waals surface area contributed by atoms with Crippen LogP contribution in [0.3, 0.4) is 0 Å². The van der Waals surface area contributed by atoms with Crippen molar-refractivity contribution in [1.82, 2.24) is 0 Å². The second-order valence-corrected chi connectivity index (χ2v) is 4.38. The maximum Gasteiger partial charge on any atom is 0.139 e. The minimum atomic E-state index is 0.319. The minimum Gasteiger partial charge on any atom is -0.409 e. The summed E-state index contributed by atoms with van der Waals surface area (Å²) in [6.07, 6.45) is 2.72. The van der Waals surface area contributed by atoms with Crippen molar-refractivity contribution >= 4 is 17.6 Å². The Morgan fingerprint density at radius 1 is 1.27 bits per heavy atom. The van der Waals surface area contributed by atoms with Crippen LogP contribution in [-0.2, 0) is 0 Å². The zero-order chi connectivity index (χ0) is 10.9. The number of benzene rings is 1. The third-order valence-electron chi connectivity index (χ3n) is 1.97. The molecule has 3 nitrogen and oxygen atoms in total. The van der Waals surface area contributed by atoms with Crippen molar-refractivity contribution in [3.63, 3.8) is 0 Å². The summed E-state index contributed by atoms with van der Waals surface area (Å²) < 4.78 is 0. The maximum absolute atomic E-state index is 8.33. The molecule has 0 saturated heterocycles. The number of thioether (sulfide) groups is 1. The first-order valence-corrected chi connectivity index (χ1v) is 5.95. The number of amidine groups is 1. The molecule has 0 aliphatic heterocycles. The van der Waals surface area contributed by atoms with E-state index in [1.807, 2.05) is 30.0 Å². The maximum atomic E-state index is 8.33. The molecule has 0 spiro atoms. The Hall–Kier alpha value is -1.16. The van der Waals surface area contributed by atoms with Crippen LogP contribution in [0, 0.1) is 0 Å². The summed E-state index contributed by atoms with van der Waals surface area (Å²) >= 11 is 1.84. The monoisotopic (exact) mass is 224 g/mol. The van der Waals surface area contributed by atoms with Crippen LogP contribution in [0.5, 0.6) is 0 Å². The molecule has 1 aromatic carbocycles. The van der Waals surface area contributed by atoms with Crippen LogP contribution in [0.4, 0.5) is 0 Å². The number of nitrogens with two attached hydrogens (primary N) is 1. The highest BCUT2D eigenvalue weighted by Crippen LogP contribution is 2.18. The molecular formula is C11H16N2OS. The Morgan fingerprint density at radius 3 is 2.67 bits per heavy atom. The van der Waals surface area contributed by atoms with Crippen LogP contribution >= 0.6 is 11.8 Å². The van der Waals surface area contributed by atoms with Crippen LogP contribution in [0.1, 0.15) is 19.3 Å². The number of unbranched alkanes of at least 4 members (excludes halogenated alkanes) is 1. The number of hydrogen-bond donors (Lipinski definition) is 2. The van der Waals surface area contributed by atoms with Crippen LogP contribution in [0.2, 0.25) is 0 Å². The molecule has 0 amide bonds. The van der Waals surface area contributed by atoms with E-state index >= 15 is 0 Å². The SMILES string of the molecule is N/C(CCCCSc1ccccc1)=N/O. The molecule has 0 atom stereocenters. The van der Waals surface area contributed by atoms with Crippen molar-refractivity contribution in [2.45, 2.75) is 24.2 Å². The number of nitrogens with zero attached hydrogens (tertiary/aromatic N) is 1. The quantitative estimate of drug-likeness (QED) is 0.195. The van der Waals surface area contributed by atoms with Gasteiger partial charge in [-0.25, -0.2) is 0 Å². The predicted octanol–water partition coefficient (Wildman–Crippen LogP) is 2.70. The first-order chi connectivity index (χ1) is 7.33. The third-order valence-corrected chi connectivity index (χ3v) is 3.07. The number of hydrogen-bond acceptors (Lipinski definition) is 3. The van der Waals surface area contributed by atoms with Crippen molar-refractivity contribution in [1.29, 1.82) is 0 Å². The van der Waals surface area contributed by atoms with Gasteiger partial charge >= 0.3 is 0 Å². The molecule has 0 heterocycles. The summed E-state index contributed by atoms with van der Waals surface area (Å²) in [5, 5.41) is 11.3. The highest BCUT2D eigenvalue weighted by molar-refractivity contribution is 7.99. The Balaban J connectivity index is 2.08. The van der Waals surface area contributed by atoms with E-state index < -0.39 is 0 Å². The molecule has 4 heteroatoms. The molecule has 0 aliphatic carbocycles. The van der Waals surface area contributed by atoms with Gasteiger partial charge in [0.1, 0.15) is 5.84 Å². The van der Waals surface area contributed by atoms with E-state index in [4.69, 9.17) is 10.9 Å². The standard InChI is InChI=1S/C11H16N2OS/c12-11(13-14)8-4-5-9-15-10-6-2-1-3-7-10/h1-3,6-7,14H,4-5,8-9H2,(H2,12,13). The molecule has 0 bridgehead atoms. The summed E-state index contributed by atoms with van der Waals surface area (Å²) in [6.45, 7) is 0. The third kappa shape index (κ3) is 5.32. The average molecular weight is 224 g/mol. The largest absolute Gasteiger partial charge is 0.409 e. The van der Waals surface area contributed by atoms with Gasteiger partial charge < -0.3 is 10.9 Å². The summed E-state index contributed by atoms with van der Waals surface area (Å²) in [6, 6.07) is 10.3. The molecule has 0 unspecified atom stereocenters. The normalized spacial score (nSPS) is 11.6. The van der Waals surface area contributed by atoms with E-state index in [2.05, 4.69) is 17.3 Å². The fourth-order valence-electron chi connectivity index (χ4n) is 1.16. The first kappa shape index (κ1) is 11.9. The van der Waals surface area contributed by atoms with E-state index in [-0.39, 0.29) is 0 Å². The lowest BCUT2D eigenvalue weighted by Crippen LogP contribution is -2.10. The summed E-state index contributed by atoms with van der Waals surface area (Å²) in [4.78, 5) is 1.29. The van der Waals surface area contributed by atoms with E-state index in [9.17, 15) is 0 Å². The lowest BCUT2D eigenvalue weighted by Gasteiger charge is -2.01. The van der Waals surface area contributed by atoms with Crippen LogP contribution in [0.25, 0.3) is 0 Å². The number of oxime groups is 1. The molecule has 1 aromatic rings. The molecule has 0 aliphatic rings. The Bertz CT molecular complexity index is 301. The Labute approximate surface area is 94.4 Å². The topological polar surface area (TPSA) is 58.6 Å². The average Bonchev–Trinajstić information content (AvgIpc) is 2.29. The van der Waals surface area contributed by atoms with Crippen molar-refractivity contribution in [2.75, 3.05) is 5.75 Å². The van der Waals surface area contributed by atoms with Crippen molar-refractivity contribution in [2.24, 2.45) is 10.9 Å². The van der Waals surface area contributed by atoms with Crippen molar-refractivity contribution in [3.05, 3.63) is 30.3 Å². The summed E-state index contributed by atoms with van der Waals surface area (Å²) in [5.41, 5.74) is 5.36. The molecule has 15 heavy (non-hydrogen) atoms. The lowest BCUT2D eigenvalue weighted by atomic mass is 10.2. The molecule has 0 fully saturated rings. The molecule has 0 radical (unpaired) electrons. The van der Waals surface area contributed by atoms with Crippen LogP contribution in [0.15, 0.2) is 40.4 Å². The second-order valence-electron chi connectivity index (χ2n) is 3.21. The minimum absolute atomic E-state index is 0.319. The molecule has 1 rings (SSSR count). The van der Waals surface area contributed by atoms with Crippen LogP contribution < -0.4 is 5.73 Å². The Kier molecular flexibility index (Phi) is 5.70. The zero-order valence-electron chi connectivity index (χ0n) is 8.60. The summed E-state index contributed by atoms with van der Waals surface area (Å²) in [5.74, 6) is 1.39. The van der Waals surface area contributed by atoms with E-state index in [0.29, 0.717) is 12.3 Å². The van der Waals surface area contributed by atoms with Crippen molar-refractivity contribution < 1.29 is 5.21 Å². The van der Waals surface area contributed by atoms with Gasteiger partial charge in [0.2, 0.25) is 0 Å². The molecule has 0 aromatic heterocycles. The molecule has 82 valence electrons. The van der Waals surface area contributed by atoms with E-state index in [1.165, 1.54) is 4.90 Å². The predicted molar refractivity (Wildman–Crippen MR) is 64.4 cm³/mol. The lowest BCUT2D eigenvalue weighted by molar-refractivity contribution is 0.316. The Morgan fingerprint density at radius 2 is 2.00 bits per heavy atom. The van der Waals surface area contributed by atoms with Gasteiger partial charge in [-0.05, 0) is 30.7 Å². The molecule has 3 N–H and O–H groups in total. The summed E-state index contributed by atoms with van der Waals surface area (Å²) in [7, 11) is 0. The fourth-order valence-corrected chi connectivity index (χ4v) is 2.10. The van der Waals surface area contributed by atoms with Gasteiger partial charge in [-0.15, -0.1) is 11.8 Å². The number of rotatable bonds is 6. The van der Waals surface area contributed by atoms with Gasteiger partial charge in [0.25, 0.3) is 0 Å². The molecular weight excluding hydrogens is 208 g/mol. The highest BCUT2D eigenvalue weighted by atomic mass is 32.2. The van der Waals surface area contributed by atoms with Crippen LogP contribution in [-0.4, -0.2) is 16.8 Å². The van der Waals surface area contributed by atoms with Gasteiger partial charge in [-0.1, -0.05) is 23.4 Å². The first-order valence-electron chi connectivity index (χ1n) is 4.97.